The topological polar surface area (TPSA) is 67.8 Å². The van der Waals surface area contributed by atoms with E-state index in [0.717, 1.165) is 16.9 Å². The van der Waals surface area contributed by atoms with Crippen molar-refractivity contribution < 1.29 is 9.94 Å². The van der Waals surface area contributed by atoms with Crippen LogP contribution < -0.4 is 10.5 Å². The lowest BCUT2D eigenvalue weighted by atomic mass is 9.88. The predicted molar refractivity (Wildman–Crippen MR) is 78.0 cm³/mol. The van der Waals surface area contributed by atoms with Crippen molar-refractivity contribution in [1.29, 1.82) is 0 Å². The van der Waals surface area contributed by atoms with Gasteiger partial charge in [0, 0.05) is 5.41 Å². The molecule has 1 aromatic carbocycles. The molecule has 0 amide bonds. The maximum absolute atomic E-state index is 8.73. The molecular formula is C15H24N2O2. The number of oxime groups is 1. The van der Waals surface area contributed by atoms with Crippen molar-refractivity contribution in [3.8, 4) is 5.75 Å². The highest BCUT2D eigenvalue weighted by Gasteiger charge is 2.23. The van der Waals surface area contributed by atoms with Crippen LogP contribution in [0.2, 0.25) is 0 Å². The van der Waals surface area contributed by atoms with Crippen LogP contribution in [0.15, 0.2) is 17.3 Å². The van der Waals surface area contributed by atoms with Crippen molar-refractivity contribution in [3.05, 3.63) is 28.8 Å². The third-order valence-corrected chi connectivity index (χ3v) is 3.38. The third-order valence-electron chi connectivity index (χ3n) is 3.38. The maximum atomic E-state index is 8.73. The zero-order chi connectivity index (χ0) is 14.6. The number of hydrogen-bond acceptors (Lipinski definition) is 3. The van der Waals surface area contributed by atoms with E-state index in [1.165, 1.54) is 5.56 Å². The first-order valence-electron chi connectivity index (χ1n) is 6.46. The van der Waals surface area contributed by atoms with E-state index in [9.17, 15) is 0 Å². The van der Waals surface area contributed by atoms with Gasteiger partial charge in [-0.1, -0.05) is 36.7 Å². The fraction of sp³-hybridized carbons (Fsp3) is 0.533. The van der Waals surface area contributed by atoms with Gasteiger partial charge < -0.3 is 15.7 Å². The van der Waals surface area contributed by atoms with Crippen molar-refractivity contribution >= 4 is 5.84 Å². The maximum Gasteiger partial charge on any atom is 0.144 e. The van der Waals surface area contributed by atoms with Crippen LogP contribution in [0.25, 0.3) is 0 Å². The van der Waals surface area contributed by atoms with Gasteiger partial charge in [-0.3, -0.25) is 0 Å². The van der Waals surface area contributed by atoms with Crippen molar-refractivity contribution in [2.45, 2.75) is 41.0 Å². The van der Waals surface area contributed by atoms with Crippen LogP contribution >= 0.6 is 0 Å². The Balaban J connectivity index is 2.69. The Hall–Kier alpha value is -1.71. The largest absolute Gasteiger partial charge is 0.493 e. The Morgan fingerprint density at radius 1 is 1.26 bits per heavy atom. The van der Waals surface area contributed by atoms with Crippen molar-refractivity contribution in [2.24, 2.45) is 16.3 Å². The molecule has 106 valence electrons. The highest BCUT2D eigenvalue weighted by molar-refractivity contribution is 5.85. The highest BCUT2D eigenvalue weighted by atomic mass is 16.5. The molecule has 0 bridgehead atoms. The van der Waals surface area contributed by atoms with Gasteiger partial charge in [0.1, 0.15) is 11.6 Å². The lowest BCUT2D eigenvalue weighted by molar-refractivity contribution is 0.257. The Kier molecular flexibility index (Phi) is 4.81. The Morgan fingerprint density at radius 3 is 2.26 bits per heavy atom. The second kappa shape index (κ2) is 5.95. The standard InChI is InChI=1S/C15H24N2O2/c1-10-8-11(2)13(12(3)9-10)19-7-6-15(4,5)14(16)17-18/h8-9,18H,6-7H2,1-5H3,(H2,16,17). The zero-order valence-electron chi connectivity index (χ0n) is 12.4. The predicted octanol–water partition coefficient (Wildman–Crippen LogP) is 3.15. The summed E-state index contributed by atoms with van der Waals surface area (Å²) in [5.74, 6) is 1.16. The van der Waals surface area contributed by atoms with Crippen molar-refractivity contribution in [3.63, 3.8) is 0 Å². The van der Waals surface area contributed by atoms with E-state index in [-0.39, 0.29) is 11.3 Å². The summed E-state index contributed by atoms with van der Waals surface area (Å²) in [4.78, 5) is 0. The summed E-state index contributed by atoms with van der Waals surface area (Å²) in [5, 5.41) is 11.8. The monoisotopic (exact) mass is 264 g/mol. The van der Waals surface area contributed by atoms with Gasteiger partial charge in [0.15, 0.2) is 0 Å². The summed E-state index contributed by atoms with van der Waals surface area (Å²) in [6.07, 6.45) is 0.690. The molecule has 0 heterocycles. The lowest BCUT2D eigenvalue weighted by Gasteiger charge is -2.23. The molecule has 0 aliphatic carbocycles. The average molecular weight is 264 g/mol. The normalized spacial score (nSPS) is 12.6. The summed E-state index contributed by atoms with van der Waals surface area (Å²) >= 11 is 0. The summed E-state index contributed by atoms with van der Waals surface area (Å²) < 4.78 is 5.86. The molecular weight excluding hydrogens is 240 g/mol. The summed E-state index contributed by atoms with van der Waals surface area (Å²) in [6, 6.07) is 4.22. The minimum atomic E-state index is -0.374. The SMILES string of the molecule is Cc1cc(C)c(OCCC(C)(C)C(N)=NO)c(C)c1. The first-order valence-corrected chi connectivity index (χ1v) is 6.46. The minimum absolute atomic E-state index is 0.230. The van der Waals surface area contributed by atoms with Gasteiger partial charge in [-0.05, 0) is 38.3 Å². The number of nitrogens with zero attached hydrogens (tertiary/aromatic N) is 1. The smallest absolute Gasteiger partial charge is 0.144 e. The molecule has 1 aromatic rings. The van der Waals surface area contributed by atoms with Crippen molar-refractivity contribution in [1.82, 2.24) is 0 Å². The van der Waals surface area contributed by atoms with Gasteiger partial charge in [0.2, 0.25) is 0 Å². The molecule has 0 aromatic heterocycles. The molecule has 3 N–H and O–H groups in total. The number of rotatable bonds is 5. The number of aryl methyl sites for hydroxylation is 3. The van der Waals surface area contributed by atoms with E-state index in [1.54, 1.807) is 0 Å². The van der Waals surface area contributed by atoms with Crippen LogP contribution in [0.5, 0.6) is 5.75 Å². The van der Waals surface area contributed by atoms with E-state index >= 15 is 0 Å². The zero-order valence-corrected chi connectivity index (χ0v) is 12.4. The van der Waals surface area contributed by atoms with Crippen LogP contribution in [0, 0.1) is 26.2 Å². The molecule has 19 heavy (non-hydrogen) atoms. The van der Waals surface area contributed by atoms with Gasteiger partial charge in [0.25, 0.3) is 0 Å². The number of nitrogens with two attached hydrogens (primary N) is 1. The lowest BCUT2D eigenvalue weighted by Crippen LogP contribution is -2.33. The van der Waals surface area contributed by atoms with E-state index < -0.39 is 0 Å². The molecule has 0 fully saturated rings. The number of hydrogen-bond donors (Lipinski definition) is 2. The fourth-order valence-electron chi connectivity index (χ4n) is 2.07. The number of amidine groups is 1. The highest BCUT2D eigenvalue weighted by Crippen LogP contribution is 2.26. The fourth-order valence-corrected chi connectivity index (χ4v) is 2.07. The second-order valence-corrected chi connectivity index (χ2v) is 5.70. The molecule has 0 radical (unpaired) electrons. The quantitative estimate of drug-likeness (QED) is 0.371. The summed E-state index contributed by atoms with van der Waals surface area (Å²) in [5.41, 5.74) is 8.79. The van der Waals surface area contributed by atoms with E-state index in [4.69, 9.17) is 15.7 Å². The third kappa shape index (κ3) is 3.88. The van der Waals surface area contributed by atoms with E-state index in [1.807, 2.05) is 27.7 Å². The average Bonchev–Trinajstić information content (AvgIpc) is 2.31. The first kappa shape index (κ1) is 15.3. The van der Waals surface area contributed by atoms with Gasteiger partial charge in [-0.25, -0.2) is 0 Å². The van der Waals surface area contributed by atoms with Crippen LogP contribution in [-0.2, 0) is 0 Å². The number of ether oxygens (including phenoxy) is 1. The molecule has 0 saturated heterocycles. The van der Waals surface area contributed by atoms with Gasteiger partial charge in [-0.15, -0.1) is 0 Å². The molecule has 0 aliphatic heterocycles. The number of benzene rings is 1. The molecule has 0 saturated carbocycles. The molecule has 0 aliphatic rings. The van der Waals surface area contributed by atoms with Gasteiger partial charge in [0.05, 0.1) is 6.61 Å². The van der Waals surface area contributed by atoms with Crippen LogP contribution in [0.3, 0.4) is 0 Å². The second-order valence-electron chi connectivity index (χ2n) is 5.70. The van der Waals surface area contributed by atoms with Gasteiger partial charge in [-0.2, -0.15) is 0 Å². The van der Waals surface area contributed by atoms with Gasteiger partial charge >= 0.3 is 0 Å². The molecule has 1 rings (SSSR count). The first-order chi connectivity index (χ1) is 8.77. The molecule has 4 heteroatoms. The van der Waals surface area contributed by atoms with Crippen molar-refractivity contribution in [2.75, 3.05) is 6.61 Å². The van der Waals surface area contributed by atoms with E-state index in [2.05, 4.69) is 24.2 Å². The van der Waals surface area contributed by atoms with Crippen LogP contribution in [-0.4, -0.2) is 17.6 Å². The molecule has 0 spiro atoms. The Labute approximate surface area is 115 Å². The summed E-state index contributed by atoms with van der Waals surface area (Å²) in [7, 11) is 0. The molecule has 4 nitrogen and oxygen atoms in total. The molecule has 0 unspecified atom stereocenters. The Bertz CT molecular complexity index is 456. The summed E-state index contributed by atoms with van der Waals surface area (Å²) in [6.45, 7) is 10.6. The Morgan fingerprint density at radius 2 is 1.79 bits per heavy atom. The molecule has 0 atom stereocenters. The van der Waals surface area contributed by atoms with E-state index in [0.29, 0.717) is 13.0 Å². The van der Waals surface area contributed by atoms with Crippen LogP contribution in [0.1, 0.15) is 37.0 Å². The minimum Gasteiger partial charge on any atom is -0.493 e. The van der Waals surface area contributed by atoms with Crippen LogP contribution in [0.4, 0.5) is 0 Å².